The largest absolute Gasteiger partial charge is 0.492 e. The molecule has 0 atom stereocenters. The van der Waals surface area contributed by atoms with Crippen molar-refractivity contribution < 1.29 is 9.53 Å². The minimum Gasteiger partial charge on any atom is -0.492 e. The van der Waals surface area contributed by atoms with E-state index in [0.29, 0.717) is 19.7 Å². The van der Waals surface area contributed by atoms with Gasteiger partial charge < -0.3 is 10.1 Å². The minimum absolute atomic E-state index is 0.0619. The first-order valence-electron chi connectivity index (χ1n) is 6.45. The lowest BCUT2D eigenvalue weighted by molar-refractivity contribution is -0.122. The second-order valence-corrected chi connectivity index (χ2v) is 5.31. The van der Waals surface area contributed by atoms with E-state index in [2.05, 4.69) is 21.2 Å². The SMILES string of the molecule is CCCNC(=O)CN(C)CCOc1cccc(Br)c1. The molecule has 0 heterocycles. The van der Waals surface area contributed by atoms with Crippen LogP contribution in [0.15, 0.2) is 28.7 Å². The monoisotopic (exact) mass is 328 g/mol. The maximum absolute atomic E-state index is 11.5. The van der Waals surface area contributed by atoms with Gasteiger partial charge in [0.1, 0.15) is 12.4 Å². The Morgan fingerprint density at radius 1 is 1.47 bits per heavy atom. The summed E-state index contributed by atoms with van der Waals surface area (Å²) >= 11 is 3.40. The van der Waals surface area contributed by atoms with E-state index in [9.17, 15) is 4.79 Å². The summed E-state index contributed by atoms with van der Waals surface area (Å²) in [7, 11) is 1.91. The Balaban J connectivity index is 2.20. The fourth-order valence-corrected chi connectivity index (χ4v) is 1.90. The summed E-state index contributed by atoms with van der Waals surface area (Å²) < 4.78 is 6.61. The molecule has 1 N–H and O–H groups in total. The molecule has 0 aliphatic rings. The van der Waals surface area contributed by atoms with Crippen LogP contribution in [-0.2, 0) is 4.79 Å². The molecule has 0 saturated carbocycles. The molecule has 1 amide bonds. The molecule has 0 aromatic heterocycles. The van der Waals surface area contributed by atoms with Crippen molar-refractivity contribution in [2.24, 2.45) is 0 Å². The van der Waals surface area contributed by atoms with Gasteiger partial charge in [-0.2, -0.15) is 0 Å². The second kappa shape index (κ2) is 8.93. The Hall–Kier alpha value is -1.07. The van der Waals surface area contributed by atoms with E-state index >= 15 is 0 Å². The number of nitrogens with one attached hydrogen (secondary N) is 1. The Labute approximate surface area is 123 Å². The third kappa shape index (κ3) is 7.18. The first-order valence-corrected chi connectivity index (χ1v) is 7.24. The molecule has 1 rings (SSSR count). The van der Waals surface area contributed by atoms with Crippen LogP contribution in [0, 0.1) is 0 Å². The Morgan fingerprint density at radius 2 is 2.26 bits per heavy atom. The van der Waals surface area contributed by atoms with Crippen molar-refractivity contribution in [3.8, 4) is 5.75 Å². The van der Waals surface area contributed by atoms with Gasteiger partial charge in [-0.05, 0) is 31.7 Å². The van der Waals surface area contributed by atoms with Crippen molar-refractivity contribution in [3.05, 3.63) is 28.7 Å². The highest BCUT2D eigenvalue weighted by molar-refractivity contribution is 9.10. The summed E-state index contributed by atoms with van der Waals surface area (Å²) in [6.45, 7) is 4.46. The second-order valence-electron chi connectivity index (χ2n) is 4.39. The van der Waals surface area contributed by atoms with Crippen LogP contribution < -0.4 is 10.1 Å². The average Bonchev–Trinajstić information content (AvgIpc) is 2.36. The summed E-state index contributed by atoms with van der Waals surface area (Å²) in [4.78, 5) is 13.4. The summed E-state index contributed by atoms with van der Waals surface area (Å²) in [6.07, 6.45) is 0.960. The molecule has 5 heteroatoms. The van der Waals surface area contributed by atoms with E-state index in [1.165, 1.54) is 0 Å². The molecule has 0 aliphatic heterocycles. The van der Waals surface area contributed by atoms with Crippen molar-refractivity contribution in [2.75, 3.05) is 33.3 Å². The smallest absolute Gasteiger partial charge is 0.234 e. The lowest BCUT2D eigenvalue weighted by Gasteiger charge is -2.16. The molecule has 0 saturated heterocycles. The van der Waals surface area contributed by atoms with Gasteiger partial charge in [0.15, 0.2) is 0 Å². The van der Waals surface area contributed by atoms with Crippen LogP contribution in [0.4, 0.5) is 0 Å². The van der Waals surface area contributed by atoms with Crippen LogP contribution in [0.25, 0.3) is 0 Å². The van der Waals surface area contributed by atoms with Gasteiger partial charge in [0.05, 0.1) is 6.54 Å². The molecule has 0 bridgehead atoms. The van der Waals surface area contributed by atoms with Crippen LogP contribution >= 0.6 is 15.9 Å². The number of hydrogen-bond acceptors (Lipinski definition) is 3. The molecule has 1 aromatic carbocycles. The van der Waals surface area contributed by atoms with Crippen molar-refractivity contribution >= 4 is 21.8 Å². The molecule has 19 heavy (non-hydrogen) atoms. The third-order valence-electron chi connectivity index (χ3n) is 2.52. The lowest BCUT2D eigenvalue weighted by Crippen LogP contribution is -2.37. The van der Waals surface area contributed by atoms with Gasteiger partial charge in [-0.1, -0.05) is 28.9 Å². The number of halogens is 1. The van der Waals surface area contributed by atoms with E-state index in [1.807, 2.05) is 43.1 Å². The number of carbonyl (C=O) groups excluding carboxylic acids is 1. The van der Waals surface area contributed by atoms with Gasteiger partial charge in [-0.25, -0.2) is 0 Å². The first kappa shape index (κ1) is 16.0. The zero-order valence-corrected chi connectivity index (χ0v) is 13.1. The predicted molar refractivity (Wildman–Crippen MR) is 80.4 cm³/mol. The number of hydrogen-bond donors (Lipinski definition) is 1. The molecule has 0 radical (unpaired) electrons. The topological polar surface area (TPSA) is 41.6 Å². The number of carbonyl (C=O) groups is 1. The molecular formula is C14H21BrN2O2. The molecule has 106 valence electrons. The highest BCUT2D eigenvalue weighted by Crippen LogP contribution is 2.17. The van der Waals surface area contributed by atoms with Crippen LogP contribution in [0.3, 0.4) is 0 Å². The standard InChI is InChI=1S/C14H21BrN2O2/c1-3-7-16-14(18)11-17(2)8-9-19-13-6-4-5-12(15)10-13/h4-6,10H,3,7-9,11H2,1-2H3,(H,16,18). The van der Waals surface area contributed by atoms with Crippen LogP contribution in [0.5, 0.6) is 5.75 Å². The van der Waals surface area contributed by atoms with Gasteiger partial charge in [0, 0.05) is 17.6 Å². The molecule has 0 spiro atoms. The van der Waals surface area contributed by atoms with Crippen molar-refractivity contribution in [2.45, 2.75) is 13.3 Å². The van der Waals surface area contributed by atoms with E-state index in [1.54, 1.807) is 0 Å². The van der Waals surface area contributed by atoms with Gasteiger partial charge in [0.2, 0.25) is 5.91 Å². The average molecular weight is 329 g/mol. The maximum atomic E-state index is 11.5. The van der Waals surface area contributed by atoms with E-state index in [4.69, 9.17) is 4.74 Å². The zero-order valence-electron chi connectivity index (χ0n) is 11.5. The Bertz CT molecular complexity index is 399. The predicted octanol–water partition coefficient (Wildman–Crippen LogP) is 2.29. The summed E-state index contributed by atoms with van der Waals surface area (Å²) in [5.74, 6) is 0.894. The van der Waals surface area contributed by atoms with E-state index < -0.39 is 0 Å². The molecular weight excluding hydrogens is 308 g/mol. The molecule has 0 unspecified atom stereocenters. The van der Waals surface area contributed by atoms with Crippen molar-refractivity contribution in [1.82, 2.24) is 10.2 Å². The third-order valence-corrected chi connectivity index (χ3v) is 3.02. The highest BCUT2D eigenvalue weighted by atomic mass is 79.9. The maximum Gasteiger partial charge on any atom is 0.234 e. The van der Waals surface area contributed by atoms with Crippen LogP contribution in [0.1, 0.15) is 13.3 Å². The van der Waals surface area contributed by atoms with Crippen LogP contribution in [-0.4, -0.2) is 44.1 Å². The number of nitrogens with zero attached hydrogens (tertiary/aromatic N) is 1. The van der Waals surface area contributed by atoms with Gasteiger partial charge in [-0.3, -0.25) is 9.69 Å². The van der Waals surface area contributed by atoms with Gasteiger partial charge >= 0.3 is 0 Å². The quantitative estimate of drug-likeness (QED) is 0.796. The number of likely N-dealkylation sites (N-methyl/N-ethyl adjacent to an activating group) is 1. The van der Waals surface area contributed by atoms with Crippen LogP contribution in [0.2, 0.25) is 0 Å². The van der Waals surface area contributed by atoms with Crippen molar-refractivity contribution in [3.63, 3.8) is 0 Å². The van der Waals surface area contributed by atoms with Gasteiger partial charge in [-0.15, -0.1) is 0 Å². The fraction of sp³-hybridized carbons (Fsp3) is 0.500. The normalized spacial score (nSPS) is 10.5. The highest BCUT2D eigenvalue weighted by Gasteiger charge is 2.05. The Morgan fingerprint density at radius 3 is 2.95 bits per heavy atom. The zero-order chi connectivity index (χ0) is 14.1. The fourth-order valence-electron chi connectivity index (χ4n) is 1.52. The summed E-state index contributed by atoms with van der Waals surface area (Å²) in [6, 6.07) is 7.73. The number of rotatable bonds is 8. The lowest BCUT2D eigenvalue weighted by atomic mass is 10.3. The van der Waals surface area contributed by atoms with E-state index in [-0.39, 0.29) is 5.91 Å². The number of benzene rings is 1. The first-order chi connectivity index (χ1) is 9.11. The van der Waals surface area contributed by atoms with Gasteiger partial charge in [0.25, 0.3) is 0 Å². The van der Waals surface area contributed by atoms with E-state index in [0.717, 1.165) is 23.2 Å². The number of ether oxygens (including phenoxy) is 1. The molecule has 0 fully saturated rings. The molecule has 4 nitrogen and oxygen atoms in total. The number of amides is 1. The Kier molecular flexibility index (Phi) is 7.52. The summed E-state index contributed by atoms with van der Waals surface area (Å²) in [5, 5.41) is 2.85. The minimum atomic E-state index is 0.0619. The molecule has 1 aromatic rings. The summed E-state index contributed by atoms with van der Waals surface area (Å²) in [5.41, 5.74) is 0. The molecule has 0 aliphatic carbocycles. The van der Waals surface area contributed by atoms with Crippen molar-refractivity contribution in [1.29, 1.82) is 0 Å².